The fourth-order valence-corrected chi connectivity index (χ4v) is 3.11. The Kier molecular flexibility index (Phi) is 5.86. The Hall–Kier alpha value is -2.62. The van der Waals surface area contributed by atoms with Crippen molar-refractivity contribution < 1.29 is 35.8 Å². The number of rotatable bonds is 7. The number of methoxy groups -OCH3 is 2. The van der Waals surface area contributed by atoms with Gasteiger partial charge in [0.2, 0.25) is 0 Å². The third-order valence-corrected chi connectivity index (χ3v) is 4.55. The van der Waals surface area contributed by atoms with Crippen molar-refractivity contribution in [1.82, 2.24) is 0 Å². The zero-order valence-corrected chi connectivity index (χ0v) is 14.6. The number of nitrogens with one attached hydrogen (secondary N) is 1. The molecule has 0 fully saturated rings. The largest absolute Gasteiger partial charge is 0.493 e. The van der Waals surface area contributed by atoms with Crippen LogP contribution in [-0.4, -0.2) is 35.4 Å². The molecule has 0 heterocycles. The predicted molar refractivity (Wildman–Crippen MR) is 88.3 cm³/mol. The van der Waals surface area contributed by atoms with Crippen molar-refractivity contribution in [2.45, 2.75) is 11.1 Å². The highest BCUT2D eigenvalue weighted by atomic mass is 32.2. The molecule has 0 unspecified atom stereocenters. The number of ether oxygens (including phenoxy) is 3. The van der Waals surface area contributed by atoms with Gasteiger partial charge in [-0.2, -0.15) is 13.2 Å². The average Bonchev–Trinajstić information content (AvgIpc) is 2.59. The molecule has 2 aromatic carbocycles. The van der Waals surface area contributed by atoms with Gasteiger partial charge in [0.15, 0.2) is 18.1 Å². The number of para-hydroxylation sites is 2. The van der Waals surface area contributed by atoms with E-state index < -0.39 is 22.8 Å². The predicted octanol–water partition coefficient (Wildman–Crippen LogP) is 3.45. The van der Waals surface area contributed by atoms with Crippen LogP contribution in [0.15, 0.2) is 47.4 Å². The van der Waals surface area contributed by atoms with Gasteiger partial charge in [0, 0.05) is 6.07 Å². The van der Waals surface area contributed by atoms with Gasteiger partial charge in [0.1, 0.15) is 5.75 Å². The smallest absolute Gasteiger partial charge is 0.422 e. The lowest BCUT2D eigenvalue weighted by molar-refractivity contribution is -0.153. The van der Waals surface area contributed by atoms with Gasteiger partial charge in [-0.3, -0.25) is 4.72 Å². The summed E-state index contributed by atoms with van der Waals surface area (Å²) in [6.07, 6.45) is -4.55. The van der Waals surface area contributed by atoms with Crippen molar-refractivity contribution in [2.24, 2.45) is 0 Å². The highest BCUT2D eigenvalue weighted by molar-refractivity contribution is 7.92. The van der Waals surface area contributed by atoms with E-state index in [0.29, 0.717) is 5.75 Å². The van der Waals surface area contributed by atoms with Gasteiger partial charge in [0.25, 0.3) is 10.0 Å². The maximum absolute atomic E-state index is 12.5. The number of hydrogen-bond acceptors (Lipinski definition) is 5. The van der Waals surface area contributed by atoms with Gasteiger partial charge in [-0.1, -0.05) is 12.1 Å². The summed E-state index contributed by atoms with van der Waals surface area (Å²) in [4.78, 5) is -0.152. The second kappa shape index (κ2) is 7.73. The quantitative estimate of drug-likeness (QED) is 0.783. The summed E-state index contributed by atoms with van der Waals surface area (Å²) in [6.45, 7) is -1.54. The number of benzene rings is 2. The van der Waals surface area contributed by atoms with Crippen molar-refractivity contribution in [2.75, 3.05) is 25.5 Å². The molecule has 0 aromatic heterocycles. The molecule has 142 valence electrons. The maximum Gasteiger partial charge on any atom is 0.422 e. The van der Waals surface area contributed by atoms with E-state index in [-0.39, 0.29) is 22.1 Å². The van der Waals surface area contributed by atoms with E-state index in [1.54, 1.807) is 0 Å². The van der Waals surface area contributed by atoms with Crippen LogP contribution in [0.25, 0.3) is 0 Å². The van der Waals surface area contributed by atoms with Gasteiger partial charge in [-0.25, -0.2) is 8.42 Å². The van der Waals surface area contributed by atoms with Crippen molar-refractivity contribution in [1.29, 1.82) is 0 Å². The van der Waals surface area contributed by atoms with Crippen molar-refractivity contribution in [3.63, 3.8) is 0 Å². The first-order valence-corrected chi connectivity index (χ1v) is 8.68. The highest BCUT2D eigenvalue weighted by Crippen LogP contribution is 2.32. The second-order valence-electron chi connectivity index (χ2n) is 5.02. The van der Waals surface area contributed by atoms with E-state index in [9.17, 15) is 21.6 Å². The molecule has 2 rings (SSSR count). The van der Waals surface area contributed by atoms with Crippen LogP contribution in [0.1, 0.15) is 0 Å². The molecule has 6 nitrogen and oxygen atoms in total. The van der Waals surface area contributed by atoms with E-state index in [1.807, 2.05) is 0 Å². The molecule has 0 bridgehead atoms. The summed E-state index contributed by atoms with van der Waals surface area (Å²) < 4.78 is 79.1. The SMILES string of the molecule is COc1ccc(S(=O)(=O)Nc2ccccc2OCC(F)(F)F)cc1OC. The van der Waals surface area contributed by atoms with Crippen LogP contribution in [0, 0.1) is 0 Å². The average molecular weight is 391 g/mol. The fourth-order valence-electron chi connectivity index (χ4n) is 2.02. The fraction of sp³-hybridized carbons (Fsp3) is 0.250. The van der Waals surface area contributed by atoms with E-state index in [0.717, 1.165) is 0 Å². The first-order chi connectivity index (χ1) is 12.2. The zero-order valence-electron chi connectivity index (χ0n) is 13.8. The number of hydrogen-bond donors (Lipinski definition) is 1. The summed E-state index contributed by atoms with van der Waals surface area (Å²) in [7, 11) is -1.34. The molecular weight excluding hydrogens is 375 g/mol. The summed E-state index contributed by atoms with van der Waals surface area (Å²) in [5, 5.41) is 0. The van der Waals surface area contributed by atoms with Crippen molar-refractivity contribution >= 4 is 15.7 Å². The summed E-state index contributed by atoms with van der Waals surface area (Å²) in [5.41, 5.74) is -0.119. The Balaban J connectivity index is 2.30. The van der Waals surface area contributed by atoms with Crippen LogP contribution >= 0.6 is 0 Å². The summed E-state index contributed by atoms with van der Waals surface area (Å²) in [6, 6.07) is 9.34. The number of anilines is 1. The lowest BCUT2D eigenvalue weighted by atomic mass is 10.3. The molecule has 10 heteroatoms. The molecule has 0 aliphatic heterocycles. The van der Waals surface area contributed by atoms with Crippen LogP contribution < -0.4 is 18.9 Å². The first-order valence-electron chi connectivity index (χ1n) is 7.20. The monoisotopic (exact) mass is 391 g/mol. The Morgan fingerprint density at radius 2 is 1.62 bits per heavy atom. The molecule has 0 saturated carbocycles. The van der Waals surface area contributed by atoms with Crippen LogP contribution in [-0.2, 0) is 10.0 Å². The molecule has 0 aliphatic rings. The second-order valence-corrected chi connectivity index (χ2v) is 6.70. The van der Waals surface area contributed by atoms with Gasteiger partial charge in [-0.05, 0) is 24.3 Å². The third kappa shape index (κ3) is 4.94. The lowest BCUT2D eigenvalue weighted by Gasteiger charge is -2.15. The molecular formula is C16H16F3NO5S. The van der Waals surface area contributed by atoms with Gasteiger partial charge in [0.05, 0.1) is 24.8 Å². The summed E-state index contributed by atoms with van der Waals surface area (Å²) >= 11 is 0. The van der Waals surface area contributed by atoms with Crippen molar-refractivity contribution in [3.05, 3.63) is 42.5 Å². The zero-order chi connectivity index (χ0) is 19.4. The topological polar surface area (TPSA) is 73.9 Å². The Morgan fingerprint density at radius 1 is 0.962 bits per heavy atom. The standard InChI is InChI=1S/C16H16F3NO5S/c1-23-14-8-7-11(9-15(14)24-2)26(21,22)20-12-5-3-4-6-13(12)25-10-16(17,18)19/h3-9,20H,10H2,1-2H3. The lowest BCUT2D eigenvalue weighted by Crippen LogP contribution is -2.20. The summed E-state index contributed by atoms with van der Waals surface area (Å²) in [5.74, 6) is 0.284. The molecule has 26 heavy (non-hydrogen) atoms. The highest BCUT2D eigenvalue weighted by Gasteiger charge is 2.29. The molecule has 0 spiro atoms. The van der Waals surface area contributed by atoms with Gasteiger partial charge < -0.3 is 14.2 Å². The van der Waals surface area contributed by atoms with Gasteiger partial charge >= 0.3 is 6.18 Å². The molecule has 1 N–H and O–H groups in total. The van der Waals surface area contributed by atoms with Crippen LogP contribution in [0.4, 0.5) is 18.9 Å². The van der Waals surface area contributed by atoms with Crippen LogP contribution in [0.2, 0.25) is 0 Å². The molecule has 0 aliphatic carbocycles. The molecule has 2 aromatic rings. The normalized spacial score (nSPS) is 11.7. The molecule has 0 radical (unpaired) electrons. The minimum Gasteiger partial charge on any atom is -0.493 e. The van der Waals surface area contributed by atoms with Crippen molar-refractivity contribution in [3.8, 4) is 17.2 Å². The Bertz CT molecular complexity index is 868. The number of alkyl halides is 3. The third-order valence-electron chi connectivity index (χ3n) is 3.19. The molecule has 0 amide bonds. The number of halogens is 3. The van der Waals surface area contributed by atoms with E-state index in [4.69, 9.17) is 9.47 Å². The maximum atomic E-state index is 12.5. The number of sulfonamides is 1. The van der Waals surface area contributed by atoms with E-state index in [1.165, 1.54) is 56.7 Å². The van der Waals surface area contributed by atoms with Crippen LogP contribution in [0.3, 0.4) is 0 Å². The minimum atomic E-state index is -4.55. The van der Waals surface area contributed by atoms with Gasteiger partial charge in [-0.15, -0.1) is 0 Å². The Morgan fingerprint density at radius 3 is 2.23 bits per heavy atom. The molecule has 0 atom stereocenters. The van der Waals surface area contributed by atoms with E-state index in [2.05, 4.69) is 9.46 Å². The van der Waals surface area contributed by atoms with E-state index >= 15 is 0 Å². The minimum absolute atomic E-state index is 0.119. The Labute approximate surface area is 148 Å². The molecule has 0 saturated heterocycles. The van der Waals surface area contributed by atoms with Crippen LogP contribution in [0.5, 0.6) is 17.2 Å². The first kappa shape index (κ1) is 19.7.